The Morgan fingerprint density at radius 2 is 2.12 bits per heavy atom. The predicted octanol–water partition coefficient (Wildman–Crippen LogP) is 2.29. The number of fused-ring (bicyclic) bond motifs is 3. The van der Waals surface area contributed by atoms with E-state index < -0.39 is 5.60 Å². The van der Waals surface area contributed by atoms with Gasteiger partial charge in [0.1, 0.15) is 24.2 Å². The molecule has 2 aromatic heterocycles. The molecule has 0 amide bonds. The molecule has 3 N–H and O–H groups in total. The predicted molar refractivity (Wildman–Crippen MR) is 96.5 cm³/mol. The highest BCUT2D eigenvalue weighted by atomic mass is 16.5. The number of carbonyl (C=O) groups excluding carboxylic acids is 1. The summed E-state index contributed by atoms with van der Waals surface area (Å²) in [6.45, 7) is 6.59. The lowest BCUT2D eigenvalue weighted by atomic mass is 10.1. The molecule has 3 rings (SSSR count). The largest absolute Gasteiger partial charge is 0.389 e. The van der Waals surface area contributed by atoms with Gasteiger partial charge in [0, 0.05) is 17.6 Å². The Kier molecular flexibility index (Phi) is 4.45. The number of imidazole rings is 1. The third kappa shape index (κ3) is 3.33. The minimum absolute atomic E-state index is 0.290. The molecule has 7 nitrogen and oxygen atoms in total. The van der Waals surface area contributed by atoms with Gasteiger partial charge in [-0.1, -0.05) is 6.07 Å². The highest BCUT2D eigenvalue weighted by molar-refractivity contribution is 6.07. The van der Waals surface area contributed by atoms with Gasteiger partial charge in [-0.2, -0.15) is 0 Å². The standard InChI is InChI=1S/C18H22N4O3/c1-4-25-9-14-21-15-16(22(14)10-18(2,3)24)12-6-5-11(8-23)7-13(12)20-17(15)19/h5-8,24H,4,9-10H2,1-3H3,(H2,19,20). The summed E-state index contributed by atoms with van der Waals surface area (Å²) in [4.78, 5) is 20.0. The molecule has 3 aromatic rings. The average molecular weight is 342 g/mol. The summed E-state index contributed by atoms with van der Waals surface area (Å²) < 4.78 is 7.44. The van der Waals surface area contributed by atoms with Gasteiger partial charge >= 0.3 is 0 Å². The van der Waals surface area contributed by atoms with Crippen molar-refractivity contribution < 1.29 is 14.6 Å². The van der Waals surface area contributed by atoms with Crippen LogP contribution in [0.2, 0.25) is 0 Å². The number of pyridine rings is 1. The molecule has 0 spiro atoms. The fourth-order valence-electron chi connectivity index (χ4n) is 2.91. The molecule has 0 saturated carbocycles. The Morgan fingerprint density at radius 1 is 1.36 bits per heavy atom. The molecule has 0 unspecified atom stereocenters. The third-order valence-corrected chi connectivity index (χ3v) is 3.92. The average Bonchev–Trinajstić information content (AvgIpc) is 2.90. The molecule has 2 heterocycles. The number of hydrogen-bond donors (Lipinski definition) is 2. The molecule has 25 heavy (non-hydrogen) atoms. The van der Waals surface area contributed by atoms with E-state index in [2.05, 4.69) is 9.97 Å². The van der Waals surface area contributed by atoms with Crippen molar-refractivity contribution in [2.45, 2.75) is 39.5 Å². The zero-order chi connectivity index (χ0) is 18.2. The number of ether oxygens (including phenoxy) is 1. The van der Waals surface area contributed by atoms with Crippen molar-refractivity contribution in [2.24, 2.45) is 0 Å². The first-order valence-corrected chi connectivity index (χ1v) is 8.17. The van der Waals surface area contributed by atoms with Crippen molar-refractivity contribution in [3.8, 4) is 0 Å². The number of nitrogens with two attached hydrogens (primary N) is 1. The maximum Gasteiger partial charge on any atom is 0.152 e. The van der Waals surface area contributed by atoms with Crippen LogP contribution < -0.4 is 5.73 Å². The van der Waals surface area contributed by atoms with E-state index in [4.69, 9.17) is 10.5 Å². The van der Waals surface area contributed by atoms with Crippen molar-refractivity contribution in [3.05, 3.63) is 29.6 Å². The maximum absolute atomic E-state index is 11.0. The number of aldehydes is 1. The molecule has 0 aliphatic heterocycles. The number of anilines is 1. The molecule has 0 saturated heterocycles. The summed E-state index contributed by atoms with van der Waals surface area (Å²) in [5.41, 5.74) is 7.68. The van der Waals surface area contributed by atoms with Gasteiger partial charge in [-0.05, 0) is 32.9 Å². The van der Waals surface area contributed by atoms with Gasteiger partial charge in [0.2, 0.25) is 0 Å². The van der Waals surface area contributed by atoms with Crippen molar-refractivity contribution in [2.75, 3.05) is 12.3 Å². The summed E-state index contributed by atoms with van der Waals surface area (Å²) in [6, 6.07) is 5.26. The molecule has 0 radical (unpaired) electrons. The summed E-state index contributed by atoms with van der Waals surface area (Å²) >= 11 is 0. The summed E-state index contributed by atoms with van der Waals surface area (Å²) in [7, 11) is 0. The minimum Gasteiger partial charge on any atom is -0.389 e. The Balaban J connectivity index is 2.34. The summed E-state index contributed by atoms with van der Waals surface area (Å²) in [5.74, 6) is 0.970. The number of hydrogen-bond acceptors (Lipinski definition) is 6. The van der Waals surface area contributed by atoms with Crippen LogP contribution in [0.1, 0.15) is 37.0 Å². The molecular weight excluding hydrogens is 320 g/mol. The van der Waals surface area contributed by atoms with Gasteiger partial charge in [0.05, 0.1) is 23.2 Å². The van der Waals surface area contributed by atoms with Gasteiger partial charge in [-0.3, -0.25) is 4.79 Å². The molecular formula is C18H22N4O3. The number of nitrogens with zero attached hydrogens (tertiary/aromatic N) is 3. The quantitative estimate of drug-likeness (QED) is 0.666. The zero-order valence-corrected chi connectivity index (χ0v) is 14.6. The molecule has 0 atom stereocenters. The van der Waals surface area contributed by atoms with Gasteiger partial charge in [0.15, 0.2) is 5.82 Å². The zero-order valence-electron chi connectivity index (χ0n) is 14.6. The number of carbonyl (C=O) groups is 1. The molecule has 0 bridgehead atoms. The molecule has 0 aliphatic rings. The van der Waals surface area contributed by atoms with Crippen LogP contribution >= 0.6 is 0 Å². The Labute approximate surface area is 145 Å². The van der Waals surface area contributed by atoms with Crippen LogP contribution in [0.4, 0.5) is 5.82 Å². The molecule has 132 valence electrons. The molecule has 7 heteroatoms. The highest BCUT2D eigenvalue weighted by Gasteiger charge is 2.22. The van der Waals surface area contributed by atoms with Gasteiger partial charge in [0.25, 0.3) is 0 Å². The van der Waals surface area contributed by atoms with E-state index in [0.29, 0.717) is 42.2 Å². The lowest BCUT2D eigenvalue weighted by molar-refractivity contribution is 0.0582. The normalized spacial score (nSPS) is 12.2. The van der Waals surface area contributed by atoms with Crippen LogP contribution in [0, 0.1) is 0 Å². The van der Waals surface area contributed by atoms with E-state index in [-0.39, 0.29) is 5.82 Å². The monoisotopic (exact) mass is 342 g/mol. The first-order chi connectivity index (χ1) is 11.8. The SMILES string of the molecule is CCOCc1nc2c(N)nc3cc(C=O)ccc3c2n1CC(C)(C)O. The molecule has 0 aliphatic carbocycles. The number of aromatic nitrogens is 3. The first kappa shape index (κ1) is 17.3. The third-order valence-electron chi connectivity index (χ3n) is 3.92. The van der Waals surface area contributed by atoms with E-state index in [1.54, 1.807) is 26.0 Å². The summed E-state index contributed by atoms with van der Waals surface area (Å²) in [6.07, 6.45) is 0.774. The second-order valence-corrected chi connectivity index (χ2v) is 6.65. The number of benzene rings is 1. The van der Waals surface area contributed by atoms with E-state index in [1.807, 2.05) is 17.6 Å². The maximum atomic E-state index is 11.0. The van der Waals surface area contributed by atoms with E-state index >= 15 is 0 Å². The van der Waals surface area contributed by atoms with Crippen molar-refractivity contribution in [3.63, 3.8) is 0 Å². The van der Waals surface area contributed by atoms with E-state index in [1.165, 1.54) is 0 Å². The van der Waals surface area contributed by atoms with Crippen molar-refractivity contribution >= 4 is 34.0 Å². The fraction of sp³-hybridized carbons (Fsp3) is 0.389. The van der Waals surface area contributed by atoms with Crippen LogP contribution in [0.3, 0.4) is 0 Å². The van der Waals surface area contributed by atoms with Gasteiger partial charge in [-0.25, -0.2) is 9.97 Å². The van der Waals surface area contributed by atoms with Crippen LogP contribution in [-0.4, -0.2) is 38.1 Å². The smallest absolute Gasteiger partial charge is 0.152 e. The first-order valence-electron chi connectivity index (χ1n) is 8.17. The Hall–Kier alpha value is -2.51. The fourth-order valence-corrected chi connectivity index (χ4v) is 2.91. The van der Waals surface area contributed by atoms with E-state index in [0.717, 1.165) is 17.2 Å². The van der Waals surface area contributed by atoms with Crippen molar-refractivity contribution in [1.82, 2.24) is 14.5 Å². The number of rotatable bonds is 6. The Morgan fingerprint density at radius 3 is 2.76 bits per heavy atom. The lowest BCUT2D eigenvalue weighted by Gasteiger charge is -2.20. The Bertz CT molecular complexity index is 941. The van der Waals surface area contributed by atoms with Gasteiger partial charge in [-0.15, -0.1) is 0 Å². The molecule has 0 fully saturated rings. The van der Waals surface area contributed by atoms with Crippen LogP contribution in [0.25, 0.3) is 21.9 Å². The van der Waals surface area contributed by atoms with Gasteiger partial charge < -0.3 is 20.1 Å². The second-order valence-electron chi connectivity index (χ2n) is 6.65. The van der Waals surface area contributed by atoms with Crippen LogP contribution in [0.15, 0.2) is 18.2 Å². The van der Waals surface area contributed by atoms with E-state index in [9.17, 15) is 9.90 Å². The van der Waals surface area contributed by atoms with Crippen molar-refractivity contribution in [1.29, 1.82) is 0 Å². The topological polar surface area (TPSA) is 103 Å². The van der Waals surface area contributed by atoms with Crippen LogP contribution in [-0.2, 0) is 17.9 Å². The molecule has 1 aromatic carbocycles. The minimum atomic E-state index is -0.943. The second kappa shape index (κ2) is 6.42. The highest BCUT2D eigenvalue weighted by Crippen LogP contribution is 2.30. The number of aliphatic hydroxyl groups is 1. The summed E-state index contributed by atoms with van der Waals surface area (Å²) in [5, 5.41) is 11.2. The lowest BCUT2D eigenvalue weighted by Crippen LogP contribution is -2.27. The number of nitrogen functional groups attached to an aromatic ring is 1. The van der Waals surface area contributed by atoms with Crippen LogP contribution in [0.5, 0.6) is 0 Å².